The molecule has 0 bridgehead atoms. The van der Waals surface area contributed by atoms with Crippen molar-refractivity contribution in [3.63, 3.8) is 0 Å². The molecule has 0 aromatic carbocycles. The molecule has 1 aliphatic rings. The van der Waals surface area contributed by atoms with E-state index in [0.717, 1.165) is 25.2 Å². The predicted molar refractivity (Wildman–Crippen MR) is 67.4 cm³/mol. The van der Waals surface area contributed by atoms with Crippen LogP contribution in [0.3, 0.4) is 0 Å². The fourth-order valence-corrected chi connectivity index (χ4v) is 2.82. The number of likely N-dealkylation sites (N-methyl/N-ethyl adjacent to an activating group) is 1. The summed E-state index contributed by atoms with van der Waals surface area (Å²) in [6, 6.07) is 0.296. The van der Waals surface area contributed by atoms with Gasteiger partial charge in [-0.3, -0.25) is 4.79 Å². The number of amides is 1. The minimum atomic E-state index is 0.0531. The van der Waals surface area contributed by atoms with E-state index in [4.69, 9.17) is 0 Å². The van der Waals surface area contributed by atoms with Crippen LogP contribution in [-0.4, -0.2) is 46.6 Å². The molecule has 1 aliphatic heterocycles. The lowest BCUT2D eigenvalue weighted by Gasteiger charge is -2.23. The highest BCUT2D eigenvalue weighted by atomic mass is 32.1. The Kier molecular flexibility index (Phi) is 3.73. The summed E-state index contributed by atoms with van der Waals surface area (Å²) in [5, 5.41) is 7.32. The zero-order valence-electron chi connectivity index (χ0n) is 10.4. The van der Waals surface area contributed by atoms with Gasteiger partial charge in [0.25, 0.3) is 5.91 Å². The van der Waals surface area contributed by atoms with Gasteiger partial charge in [0.05, 0.1) is 5.69 Å². The van der Waals surface area contributed by atoms with Crippen LogP contribution < -0.4 is 5.32 Å². The Morgan fingerprint density at radius 3 is 2.94 bits per heavy atom. The lowest BCUT2D eigenvalue weighted by molar-refractivity contribution is 0.0747. The average molecular weight is 254 g/mol. The molecular weight excluding hydrogens is 236 g/mol. The van der Waals surface area contributed by atoms with Gasteiger partial charge in [0.2, 0.25) is 0 Å². The van der Waals surface area contributed by atoms with Gasteiger partial charge in [-0.25, -0.2) is 0 Å². The normalized spacial score (nSPS) is 19.9. The Morgan fingerprint density at radius 1 is 1.59 bits per heavy atom. The molecule has 0 aliphatic carbocycles. The van der Waals surface area contributed by atoms with Gasteiger partial charge < -0.3 is 10.2 Å². The summed E-state index contributed by atoms with van der Waals surface area (Å²) < 4.78 is 3.90. The van der Waals surface area contributed by atoms with Crippen LogP contribution in [0.25, 0.3) is 0 Å². The van der Waals surface area contributed by atoms with E-state index in [2.05, 4.69) is 14.9 Å². The van der Waals surface area contributed by atoms with Crippen LogP contribution in [0.5, 0.6) is 0 Å². The van der Waals surface area contributed by atoms with Crippen molar-refractivity contribution in [2.45, 2.75) is 32.2 Å². The molecule has 1 saturated heterocycles. The van der Waals surface area contributed by atoms with E-state index in [1.165, 1.54) is 11.5 Å². The Bertz CT molecular complexity index is 398. The predicted octanol–water partition coefficient (Wildman–Crippen LogP) is 1.10. The third-order valence-electron chi connectivity index (χ3n) is 3.16. The molecule has 1 amide bonds. The van der Waals surface area contributed by atoms with Crippen molar-refractivity contribution >= 4 is 17.4 Å². The number of nitrogens with zero attached hydrogens (tertiary/aromatic N) is 3. The number of carbonyl (C=O) groups excluding carboxylic acids is 1. The molecule has 0 radical (unpaired) electrons. The topological polar surface area (TPSA) is 58.1 Å². The first kappa shape index (κ1) is 12.4. The summed E-state index contributed by atoms with van der Waals surface area (Å²) in [7, 11) is 1.86. The maximum Gasteiger partial charge on any atom is 0.267 e. The second-order valence-electron chi connectivity index (χ2n) is 4.70. The Labute approximate surface area is 105 Å². The largest absolute Gasteiger partial charge is 0.337 e. The molecule has 1 atom stereocenters. The van der Waals surface area contributed by atoms with E-state index in [1.807, 2.05) is 25.8 Å². The number of hydrogen-bond donors (Lipinski definition) is 1. The van der Waals surface area contributed by atoms with Crippen LogP contribution in [-0.2, 0) is 0 Å². The number of rotatable bonds is 3. The lowest BCUT2D eigenvalue weighted by Crippen LogP contribution is -2.38. The average Bonchev–Trinajstić information content (AvgIpc) is 2.97. The molecule has 1 N–H and O–H groups in total. The van der Waals surface area contributed by atoms with Gasteiger partial charge in [-0.2, -0.15) is 0 Å². The first-order valence-corrected chi connectivity index (χ1v) is 6.68. The highest BCUT2D eigenvalue weighted by molar-refractivity contribution is 7.08. The molecule has 5 nitrogen and oxygen atoms in total. The molecule has 1 aromatic heterocycles. The van der Waals surface area contributed by atoms with Crippen molar-refractivity contribution in [3.8, 4) is 0 Å². The van der Waals surface area contributed by atoms with Gasteiger partial charge in [0, 0.05) is 19.6 Å². The third-order valence-corrected chi connectivity index (χ3v) is 3.89. The van der Waals surface area contributed by atoms with Gasteiger partial charge in [0.1, 0.15) is 4.88 Å². The summed E-state index contributed by atoms with van der Waals surface area (Å²) in [5.41, 5.74) is 0.817. The first-order chi connectivity index (χ1) is 8.11. The van der Waals surface area contributed by atoms with Crippen LogP contribution in [0.15, 0.2) is 0 Å². The molecule has 1 fully saturated rings. The van der Waals surface area contributed by atoms with Crippen molar-refractivity contribution in [1.82, 2.24) is 19.8 Å². The van der Waals surface area contributed by atoms with E-state index in [9.17, 15) is 4.79 Å². The number of aromatic nitrogens is 2. The molecule has 0 saturated carbocycles. The molecular formula is C11H18N4OS. The van der Waals surface area contributed by atoms with Crippen LogP contribution >= 0.6 is 11.5 Å². The van der Waals surface area contributed by atoms with Crippen LogP contribution in [0, 0.1) is 0 Å². The number of nitrogens with one attached hydrogen (secondary N) is 1. The van der Waals surface area contributed by atoms with E-state index in [1.54, 1.807) is 0 Å². The number of hydrogen-bond acceptors (Lipinski definition) is 5. The highest BCUT2D eigenvalue weighted by Crippen LogP contribution is 2.22. The maximum absolute atomic E-state index is 12.3. The van der Waals surface area contributed by atoms with E-state index in [0.29, 0.717) is 10.9 Å². The monoisotopic (exact) mass is 254 g/mol. The second kappa shape index (κ2) is 5.10. The number of carbonyl (C=O) groups is 1. The fourth-order valence-electron chi connectivity index (χ4n) is 2.02. The van der Waals surface area contributed by atoms with Gasteiger partial charge in [-0.1, -0.05) is 18.3 Å². The summed E-state index contributed by atoms with van der Waals surface area (Å²) in [4.78, 5) is 14.9. The van der Waals surface area contributed by atoms with Crippen molar-refractivity contribution in [1.29, 1.82) is 0 Å². The Balaban J connectivity index is 2.15. The standard InChI is InChI=1S/C11H18N4OS/c1-7(2)9-10(17-14-13-9)11(16)15(3)8-4-5-12-6-8/h7-8,12H,4-6H2,1-3H3. The van der Waals surface area contributed by atoms with Crippen molar-refractivity contribution in [3.05, 3.63) is 10.6 Å². The Hall–Kier alpha value is -1.01. The molecule has 2 heterocycles. The first-order valence-electron chi connectivity index (χ1n) is 5.91. The zero-order valence-corrected chi connectivity index (χ0v) is 11.3. The minimum absolute atomic E-state index is 0.0531. The SMILES string of the molecule is CC(C)c1nnsc1C(=O)N(C)C1CCNC1. The third kappa shape index (κ3) is 2.47. The van der Waals surface area contributed by atoms with Gasteiger partial charge in [-0.05, 0) is 30.4 Å². The van der Waals surface area contributed by atoms with Crippen LogP contribution in [0.2, 0.25) is 0 Å². The summed E-state index contributed by atoms with van der Waals surface area (Å²) in [6.07, 6.45) is 1.02. The molecule has 94 valence electrons. The highest BCUT2D eigenvalue weighted by Gasteiger charge is 2.27. The summed E-state index contributed by atoms with van der Waals surface area (Å²) in [5.74, 6) is 0.292. The van der Waals surface area contributed by atoms with Crippen molar-refractivity contribution < 1.29 is 4.79 Å². The van der Waals surface area contributed by atoms with Crippen LogP contribution in [0.1, 0.15) is 41.6 Å². The quantitative estimate of drug-likeness (QED) is 0.877. The Morgan fingerprint density at radius 2 is 2.35 bits per heavy atom. The zero-order chi connectivity index (χ0) is 12.4. The lowest BCUT2D eigenvalue weighted by atomic mass is 10.1. The second-order valence-corrected chi connectivity index (χ2v) is 5.46. The minimum Gasteiger partial charge on any atom is -0.337 e. The molecule has 0 spiro atoms. The van der Waals surface area contributed by atoms with E-state index >= 15 is 0 Å². The maximum atomic E-state index is 12.3. The summed E-state index contributed by atoms with van der Waals surface area (Å²) >= 11 is 1.20. The van der Waals surface area contributed by atoms with Gasteiger partial charge in [-0.15, -0.1) is 5.10 Å². The van der Waals surface area contributed by atoms with Gasteiger partial charge >= 0.3 is 0 Å². The fraction of sp³-hybridized carbons (Fsp3) is 0.727. The molecule has 6 heteroatoms. The van der Waals surface area contributed by atoms with E-state index < -0.39 is 0 Å². The van der Waals surface area contributed by atoms with E-state index in [-0.39, 0.29) is 11.8 Å². The van der Waals surface area contributed by atoms with Gasteiger partial charge in [0.15, 0.2) is 0 Å². The summed E-state index contributed by atoms with van der Waals surface area (Å²) in [6.45, 7) is 5.93. The molecule has 1 aromatic rings. The van der Waals surface area contributed by atoms with Crippen molar-refractivity contribution in [2.75, 3.05) is 20.1 Å². The smallest absolute Gasteiger partial charge is 0.267 e. The van der Waals surface area contributed by atoms with Crippen LogP contribution in [0.4, 0.5) is 0 Å². The molecule has 1 unspecified atom stereocenters. The molecule has 17 heavy (non-hydrogen) atoms. The van der Waals surface area contributed by atoms with Crippen molar-refractivity contribution in [2.24, 2.45) is 0 Å². The molecule has 2 rings (SSSR count).